The van der Waals surface area contributed by atoms with E-state index >= 15 is 0 Å². The van der Waals surface area contributed by atoms with Crippen molar-refractivity contribution in [3.05, 3.63) is 72.8 Å². The summed E-state index contributed by atoms with van der Waals surface area (Å²) < 4.78 is 21.2. The monoisotopic (exact) mass is 516 g/mol. The van der Waals surface area contributed by atoms with Gasteiger partial charge in [-0.1, -0.05) is 48.6 Å². The number of benzene rings is 2. The topological polar surface area (TPSA) is 105 Å². The number of carbonyl (C=O) groups is 4. The Morgan fingerprint density at radius 1 is 0.605 bits per heavy atom. The van der Waals surface area contributed by atoms with E-state index in [4.69, 9.17) is 18.9 Å². The standard InChI is InChI=1S/C30H28O8/c31-23(37-19-7-3-1-4-8-19)15-35-29(33)27-21-14-22(26-18-12-11-17(13-18)25(21)26)28(27)30(34)36-16-24(32)38-20-9-5-2-6-10-20/h1-12,17-18,21-22,25-28H,13-16H2. The predicted octanol–water partition coefficient (Wildman–Crippen LogP) is 3.60. The molecule has 196 valence electrons. The van der Waals surface area contributed by atoms with Crippen molar-refractivity contribution < 1.29 is 38.1 Å². The van der Waals surface area contributed by atoms with Crippen LogP contribution in [0.15, 0.2) is 72.8 Å². The zero-order valence-corrected chi connectivity index (χ0v) is 20.6. The Morgan fingerprint density at radius 3 is 1.45 bits per heavy atom. The second kappa shape index (κ2) is 10.1. The van der Waals surface area contributed by atoms with Crippen LogP contribution < -0.4 is 9.47 Å². The number of esters is 4. The smallest absolute Gasteiger partial charge is 0.349 e. The maximum Gasteiger partial charge on any atom is 0.349 e. The third kappa shape index (κ3) is 4.48. The number of fused-ring (bicyclic) bond motifs is 9. The molecule has 0 aliphatic heterocycles. The van der Waals surface area contributed by atoms with Crippen molar-refractivity contribution in [1.29, 1.82) is 0 Å². The highest BCUT2D eigenvalue weighted by Crippen LogP contribution is 2.69. The lowest BCUT2D eigenvalue weighted by molar-refractivity contribution is -0.170. The molecule has 4 bridgehead atoms. The fourth-order valence-corrected chi connectivity index (χ4v) is 7.43. The van der Waals surface area contributed by atoms with E-state index in [1.54, 1.807) is 60.7 Å². The van der Waals surface area contributed by atoms with Gasteiger partial charge in [0.05, 0.1) is 11.8 Å². The number of hydrogen-bond acceptors (Lipinski definition) is 8. The van der Waals surface area contributed by atoms with Gasteiger partial charge in [0.25, 0.3) is 0 Å². The first kappa shape index (κ1) is 24.4. The van der Waals surface area contributed by atoms with Gasteiger partial charge in [0, 0.05) is 0 Å². The normalized spacial score (nSPS) is 31.5. The SMILES string of the molecule is O=C(COC(=O)C1C2CC(C1C(=O)OCC(=O)Oc1ccccc1)C1C3C=CC(C3)C21)Oc1ccccc1. The number of allylic oxidation sites excluding steroid dienone is 2. The van der Waals surface area contributed by atoms with Crippen molar-refractivity contribution in [2.45, 2.75) is 12.8 Å². The van der Waals surface area contributed by atoms with Crippen molar-refractivity contribution in [2.24, 2.45) is 47.3 Å². The van der Waals surface area contributed by atoms with Crippen LogP contribution in [0.25, 0.3) is 0 Å². The molecule has 0 saturated heterocycles. The zero-order valence-electron chi connectivity index (χ0n) is 20.6. The molecule has 0 heterocycles. The lowest BCUT2D eigenvalue weighted by Crippen LogP contribution is -2.45. The summed E-state index contributed by atoms with van der Waals surface area (Å²) in [5.41, 5.74) is 0. The maximum atomic E-state index is 13.3. The molecule has 3 saturated carbocycles. The van der Waals surface area contributed by atoms with Crippen molar-refractivity contribution in [2.75, 3.05) is 13.2 Å². The molecule has 0 N–H and O–H groups in total. The Labute approximate surface area is 219 Å². The van der Waals surface area contributed by atoms with E-state index in [0.717, 1.165) is 12.8 Å². The molecule has 0 radical (unpaired) electrons. The molecule has 8 unspecified atom stereocenters. The Bertz CT molecular complexity index is 1160. The van der Waals surface area contributed by atoms with Gasteiger partial charge in [-0.2, -0.15) is 0 Å². The number of rotatable bonds is 8. The lowest BCUT2D eigenvalue weighted by Gasteiger charge is -2.39. The highest BCUT2D eigenvalue weighted by Gasteiger charge is 2.68. The summed E-state index contributed by atoms with van der Waals surface area (Å²) in [4.78, 5) is 51.2. The molecule has 3 fully saturated rings. The first-order valence-corrected chi connectivity index (χ1v) is 13.0. The molecule has 0 amide bonds. The Morgan fingerprint density at radius 2 is 1.03 bits per heavy atom. The van der Waals surface area contributed by atoms with Gasteiger partial charge in [0.1, 0.15) is 11.5 Å². The number of ether oxygens (including phenoxy) is 4. The van der Waals surface area contributed by atoms with Crippen LogP contribution in [0, 0.1) is 47.3 Å². The Hall–Kier alpha value is -3.94. The van der Waals surface area contributed by atoms with Crippen molar-refractivity contribution in [3.8, 4) is 11.5 Å². The first-order chi connectivity index (χ1) is 18.5. The van der Waals surface area contributed by atoms with Crippen LogP contribution in [0.4, 0.5) is 0 Å². The van der Waals surface area contributed by atoms with E-state index in [1.807, 2.05) is 0 Å². The van der Waals surface area contributed by atoms with Gasteiger partial charge in [-0.25, -0.2) is 9.59 Å². The van der Waals surface area contributed by atoms with Gasteiger partial charge in [-0.3, -0.25) is 9.59 Å². The molecule has 2 aromatic rings. The van der Waals surface area contributed by atoms with Crippen LogP contribution in [-0.4, -0.2) is 37.1 Å². The van der Waals surface area contributed by atoms with E-state index in [0.29, 0.717) is 35.2 Å². The molecule has 4 aliphatic rings. The third-order valence-electron chi connectivity index (χ3n) is 8.58. The lowest BCUT2D eigenvalue weighted by atomic mass is 9.65. The zero-order chi connectivity index (χ0) is 26.2. The maximum absolute atomic E-state index is 13.3. The fourth-order valence-electron chi connectivity index (χ4n) is 7.43. The van der Waals surface area contributed by atoms with Gasteiger partial charge in [-0.05, 0) is 72.6 Å². The third-order valence-corrected chi connectivity index (χ3v) is 8.58. The van der Waals surface area contributed by atoms with E-state index < -0.39 is 48.9 Å². The van der Waals surface area contributed by atoms with E-state index in [2.05, 4.69) is 12.2 Å². The predicted molar refractivity (Wildman–Crippen MR) is 132 cm³/mol. The number of carbonyl (C=O) groups excluding carboxylic acids is 4. The molecule has 0 aromatic heterocycles. The van der Waals surface area contributed by atoms with Crippen molar-refractivity contribution in [1.82, 2.24) is 0 Å². The highest BCUT2D eigenvalue weighted by molar-refractivity contribution is 5.86. The molecular formula is C30H28O8. The minimum absolute atomic E-state index is 0.0311. The summed E-state index contributed by atoms with van der Waals surface area (Å²) in [6, 6.07) is 17.1. The van der Waals surface area contributed by atoms with Gasteiger partial charge in [0.15, 0.2) is 13.2 Å². The van der Waals surface area contributed by atoms with Crippen LogP contribution in [-0.2, 0) is 28.7 Å². The summed E-state index contributed by atoms with van der Waals surface area (Å²) in [7, 11) is 0. The quantitative estimate of drug-likeness (QED) is 0.227. The molecule has 0 spiro atoms. The fraction of sp³-hybridized carbons (Fsp3) is 0.400. The number of hydrogen-bond donors (Lipinski definition) is 0. The summed E-state index contributed by atoms with van der Waals surface area (Å²) in [5, 5.41) is 0. The molecular weight excluding hydrogens is 488 g/mol. The van der Waals surface area contributed by atoms with Crippen LogP contribution in [0.3, 0.4) is 0 Å². The Kier molecular flexibility index (Phi) is 6.47. The molecule has 2 aromatic carbocycles. The second-order valence-electron chi connectivity index (χ2n) is 10.5. The minimum atomic E-state index is -0.726. The molecule has 38 heavy (non-hydrogen) atoms. The van der Waals surface area contributed by atoms with Crippen LogP contribution >= 0.6 is 0 Å². The summed E-state index contributed by atoms with van der Waals surface area (Å²) in [5.74, 6) is -1.96. The van der Waals surface area contributed by atoms with E-state index in [9.17, 15) is 19.2 Å². The molecule has 8 heteroatoms. The summed E-state index contributed by atoms with van der Waals surface area (Å²) in [6.07, 6.45) is 6.24. The highest BCUT2D eigenvalue weighted by atomic mass is 16.6. The Balaban J connectivity index is 1.13. The largest absolute Gasteiger partial charge is 0.453 e. The minimum Gasteiger partial charge on any atom is -0.453 e. The van der Waals surface area contributed by atoms with Gasteiger partial charge >= 0.3 is 23.9 Å². The van der Waals surface area contributed by atoms with E-state index in [1.165, 1.54) is 0 Å². The van der Waals surface area contributed by atoms with Crippen molar-refractivity contribution >= 4 is 23.9 Å². The summed E-state index contributed by atoms with van der Waals surface area (Å²) in [6.45, 7) is -1.10. The average molecular weight is 517 g/mol. The molecule has 4 aliphatic carbocycles. The van der Waals surface area contributed by atoms with Crippen LogP contribution in [0.2, 0.25) is 0 Å². The molecule has 8 atom stereocenters. The molecule has 6 rings (SSSR count). The van der Waals surface area contributed by atoms with Crippen LogP contribution in [0.1, 0.15) is 12.8 Å². The van der Waals surface area contributed by atoms with Gasteiger partial charge in [-0.15, -0.1) is 0 Å². The van der Waals surface area contributed by atoms with Gasteiger partial charge in [0.2, 0.25) is 0 Å². The second-order valence-corrected chi connectivity index (χ2v) is 10.5. The van der Waals surface area contributed by atoms with E-state index in [-0.39, 0.29) is 11.8 Å². The van der Waals surface area contributed by atoms with Crippen molar-refractivity contribution in [3.63, 3.8) is 0 Å². The first-order valence-electron chi connectivity index (χ1n) is 13.0. The van der Waals surface area contributed by atoms with Crippen LogP contribution in [0.5, 0.6) is 11.5 Å². The summed E-state index contributed by atoms with van der Waals surface area (Å²) >= 11 is 0. The average Bonchev–Trinajstić information content (AvgIpc) is 3.71. The van der Waals surface area contributed by atoms with Gasteiger partial charge < -0.3 is 18.9 Å². The number of para-hydroxylation sites is 2. The molecule has 8 nitrogen and oxygen atoms in total.